The van der Waals surface area contributed by atoms with E-state index >= 15 is 0 Å². The lowest BCUT2D eigenvalue weighted by atomic mass is 10.0. The zero-order chi connectivity index (χ0) is 14.9. The lowest BCUT2D eigenvalue weighted by Gasteiger charge is -2.23. The van der Waals surface area contributed by atoms with Gasteiger partial charge in [0.05, 0.1) is 25.1 Å². The van der Waals surface area contributed by atoms with E-state index in [-0.39, 0.29) is 29.5 Å². The van der Waals surface area contributed by atoms with Crippen LogP contribution >= 0.6 is 0 Å². The molecule has 8 nitrogen and oxygen atoms in total. The van der Waals surface area contributed by atoms with Crippen LogP contribution in [-0.2, 0) is 0 Å². The Labute approximate surface area is 118 Å². The fourth-order valence-electron chi connectivity index (χ4n) is 3.68. The molecule has 21 heavy (non-hydrogen) atoms. The summed E-state index contributed by atoms with van der Waals surface area (Å²) in [5.41, 5.74) is 5.35. The summed E-state index contributed by atoms with van der Waals surface area (Å²) in [5, 5.41) is 29.9. The van der Waals surface area contributed by atoms with E-state index in [1.165, 1.54) is 10.9 Å². The van der Waals surface area contributed by atoms with E-state index in [4.69, 9.17) is 5.73 Å². The minimum atomic E-state index is -1.08. The van der Waals surface area contributed by atoms with Crippen LogP contribution in [0.1, 0.15) is 12.5 Å². The number of nitrogens with two attached hydrogens (primary N) is 1. The first-order chi connectivity index (χ1) is 9.99. The molecule has 0 saturated heterocycles. The molecular formula is C12H14FN5O3. The molecule has 4 rings (SSSR count). The lowest BCUT2D eigenvalue weighted by Crippen LogP contribution is -2.35. The zero-order valence-electron chi connectivity index (χ0n) is 10.9. The quantitative estimate of drug-likeness (QED) is 0.513. The Morgan fingerprint density at radius 2 is 2.19 bits per heavy atom. The van der Waals surface area contributed by atoms with Gasteiger partial charge in [0.1, 0.15) is 11.6 Å². The number of aliphatic hydroxyl groups is 3. The smallest absolute Gasteiger partial charge is 0.312 e. The van der Waals surface area contributed by atoms with Crippen molar-refractivity contribution in [3.63, 3.8) is 0 Å². The van der Waals surface area contributed by atoms with Gasteiger partial charge in [-0.2, -0.15) is 14.4 Å². The first-order valence-corrected chi connectivity index (χ1v) is 6.62. The third-order valence-electron chi connectivity index (χ3n) is 4.89. The predicted molar refractivity (Wildman–Crippen MR) is 68.4 cm³/mol. The predicted octanol–water partition coefficient (Wildman–Crippen LogP) is -1.18. The molecule has 5 atom stereocenters. The molecule has 0 radical (unpaired) electrons. The average Bonchev–Trinajstić information content (AvgIpc) is 2.97. The number of fused-ring (bicyclic) bond motifs is 2. The highest BCUT2D eigenvalue weighted by atomic mass is 19.1. The Balaban J connectivity index is 1.85. The molecule has 2 heterocycles. The highest BCUT2D eigenvalue weighted by molar-refractivity contribution is 5.81. The standard InChI is InChI=1S/C12H14FN5O3/c13-11-16-9(14)5-10(17-11)18(3-15-5)6-4-1-12(4,2-19)8(21)7(6)20/h3-4,6-8,19-21H,1-2H2,(H2,14,16,17)/t4-,6+,7+,8-,12-/m1/s1. The van der Waals surface area contributed by atoms with Crippen LogP contribution in [0.3, 0.4) is 0 Å². The lowest BCUT2D eigenvalue weighted by molar-refractivity contribution is -0.0300. The summed E-state index contributed by atoms with van der Waals surface area (Å²) in [6.45, 7) is -0.204. The minimum Gasteiger partial charge on any atom is -0.396 e. The molecule has 0 spiro atoms. The maximum absolute atomic E-state index is 13.4. The molecule has 2 fully saturated rings. The number of anilines is 1. The molecule has 2 aliphatic carbocycles. The van der Waals surface area contributed by atoms with E-state index in [2.05, 4.69) is 15.0 Å². The molecule has 2 aromatic heterocycles. The van der Waals surface area contributed by atoms with Crippen LogP contribution in [0.25, 0.3) is 11.2 Å². The zero-order valence-corrected chi connectivity index (χ0v) is 10.9. The monoisotopic (exact) mass is 295 g/mol. The van der Waals surface area contributed by atoms with Gasteiger partial charge in [0.15, 0.2) is 11.5 Å². The Morgan fingerprint density at radius 1 is 1.43 bits per heavy atom. The summed E-state index contributed by atoms with van der Waals surface area (Å²) in [6, 6.07) is -0.522. The first-order valence-electron chi connectivity index (χ1n) is 6.62. The van der Waals surface area contributed by atoms with Gasteiger partial charge in [0, 0.05) is 5.41 Å². The second kappa shape index (κ2) is 3.87. The van der Waals surface area contributed by atoms with Gasteiger partial charge in [-0.3, -0.25) is 0 Å². The molecule has 0 aromatic carbocycles. The number of hydrogen-bond acceptors (Lipinski definition) is 7. The van der Waals surface area contributed by atoms with Gasteiger partial charge in [0.25, 0.3) is 0 Å². The first kappa shape index (κ1) is 12.9. The van der Waals surface area contributed by atoms with E-state index < -0.39 is 29.7 Å². The van der Waals surface area contributed by atoms with Crippen molar-refractivity contribution in [2.75, 3.05) is 12.3 Å². The van der Waals surface area contributed by atoms with Crippen LogP contribution in [0.5, 0.6) is 0 Å². The van der Waals surface area contributed by atoms with Crippen molar-refractivity contribution in [2.45, 2.75) is 24.7 Å². The summed E-state index contributed by atoms with van der Waals surface area (Å²) < 4.78 is 14.9. The van der Waals surface area contributed by atoms with E-state index in [0.717, 1.165) is 0 Å². The van der Waals surface area contributed by atoms with Gasteiger partial charge in [-0.05, 0) is 12.3 Å². The summed E-state index contributed by atoms with van der Waals surface area (Å²) in [6.07, 6.45) is -1.08. The molecule has 9 heteroatoms. The number of rotatable bonds is 2. The maximum Gasteiger partial charge on any atom is 0.312 e. The fraction of sp³-hybridized carbons (Fsp3) is 0.583. The fourth-order valence-corrected chi connectivity index (χ4v) is 3.68. The van der Waals surface area contributed by atoms with Gasteiger partial charge in [-0.25, -0.2) is 4.98 Å². The highest BCUT2D eigenvalue weighted by Crippen LogP contribution is 2.67. The molecule has 2 aliphatic rings. The van der Waals surface area contributed by atoms with Crippen molar-refractivity contribution in [2.24, 2.45) is 11.3 Å². The number of imidazole rings is 1. The Hall–Kier alpha value is -1.84. The number of aliphatic hydroxyl groups excluding tert-OH is 3. The second-order valence-corrected chi connectivity index (χ2v) is 5.83. The van der Waals surface area contributed by atoms with E-state index in [9.17, 15) is 19.7 Å². The van der Waals surface area contributed by atoms with Crippen molar-refractivity contribution in [3.8, 4) is 0 Å². The van der Waals surface area contributed by atoms with Gasteiger partial charge in [-0.1, -0.05) is 0 Å². The SMILES string of the molecule is Nc1nc(F)nc2c1ncn2[C@@H]1[C@H](O)[C@@H](O)[C@@]2(CO)C[C@H]12. The van der Waals surface area contributed by atoms with Crippen LogP contribution in [0.4, 0.5) is 10.2 Å². The molecular weight excluding hydrogens is 281 g/mol. The van der Waals surface area contributed by atoms with Gasteiger partial charge in [0.2, 0.25) is 0 Å². The average molecular weight is 295 g/mol. The molecule has 0 unspecified atom stereocenters. The Bertz CT molecular complexity index is 737. The molecule has 2 saturated carbocycles. The second-order valence-electron chi connectivity index (χ2n) is 5.83. The van der Waals surface area contributed by atoms with Gasteiger partial charge >= 0.3 is 6.08 Å². The molecule has 112 valence electrons. The molecule has 0 aliphatic heterocycles. The number of nitrogen functional groups attached to an aromatic ring is 1. The summed E-state index contributed by atoms with van der Waals surface area (Å²) in [7, 11) is 0. The van der Waals surface area contributed by atoms with Crippen molar-refractivity contribution in [1.29, 1.82) is 0 Å². The van der Waals surface area contributed by atoms with Gasteiger partial charge < -0.3 is 25.6 Å². The number of nitrogens with zero attached hydrogens (tertiary/aromatic N) is 4. The minimum absolute atomic E-state index is 0.0755. The molecule has 5 N–H and O–H groups in total. The normalized spacial score (nSPS) is 37.9. The van der Waals surface area contributed by atoms with Crippen molar-refractivity contribution < 1.29 is 19.7 Å². The maximum atomic E-state index is 13.4. The molecule has 0 bridgehead atoms. The number of halogens is 1. The summed E-state index contributed by atoms with van der Waals surface area (Å²) in [5.74, 6) is -0.183. The number of hydrogen-bond donors (Lipinski definition) is 4. The van der Waals surface area contributed by atoms with Crippen molar-refractivity contribution in [3.05, 3.63) is 12.4 Å². The van der Waals surface area contributed by atoms with Crippen molar-refractivity contribution in [1.82, 2.24) is 19.5 Å². The molecule has 0 amide bonds. The Morgan fingerprint density at radius 3 is 2.86 bits per heavy atom. The third kappa shape index (κ3) is 1.45. The summed E-state index contributed by atoms with van der Waals surface area (Å²) >= 11 is 0. The van der Waals surface area contributed by atoms with Crippen LogP contribution in [0.15, 0.2) is 6.33 Å². The van der Waals surface area contributed by atoms with Gasteiger partial charge in [-0.15, -0.1) is 0 Å². The van der Waals surface area contributed by atoms with Crippen LogP contribution in [-0.4, -0.2) is 53.7 Å². The van der Waals surface area contributed by atoms with E-state index in [1.807, 2.05) is 0 Å². The topological polar surface area (TPSA) is 130 Å². The van der Waals surface area contributed by atoms with E-state index in [1.54, 1.807) is 0 Å². The largest absolute Gasteiger partial charge is 0.396 e. The third-order valence-corrected chi connectivity index (χ3v) is 4.89. The van der Waals surface area contributed by atoms with E-state index in [0.29, 0.717) is 6.42 Å². The number of aromatic nitrogens is 4. The Kier molecular flexibility index (Phi) is 2.37. The summed E-state index contributed by atoms with van der Waals surface area (Å²) in [4.78, 5) is 11.2. The van der Waals surface area contributed by atoms with Crippen LogP contribution < -0.4 is 5.73 Å². The van der Waals surface area contributed by atoms with Crippen LogP contribution in [0, 0.1) is 17.4 Å². The molecule has 2 aromatic rings. The highest BCUT2D eigenvalue weighted by Gasteiger charge is 2.71. The van der Waals surface area contributed by atoms with Crippen molar-refractivity contribution >= 4 is 17.0 Å². The van der Waals surface area contributed by atoms with Crippen LogP contribution in [0.2, 0.25) is 0 Å².